The number of ether oxygens (including phenoxy) is 1. The van der Waals surface area contributed by atoms with Gasteiger partial charge in [-0.1, -0.05) is 12.1 Å². The highest BCUT2D eigenvalue weighted by molar-refractivity contribution is 7.89. The number of carbonyl (C=O) groups is 2. The number of esters is 1. The molecule has 2 aromatic heterocycles. The van der Waals surface area contributed by atoms with Crippen LogP contribution in [0.4, 0.5) is 5.82 Å². The van der Waals surface area contributed by atoms with Gasteiger partial charge in [-0.15, -0.1) is 0 Å². The number of sulfone groups is 1. The molecule has 0 aliphatic carbocycles. The fourth-order valence-corrected chi connectivity index (χ4v) is 3.77. The lowest BCUT2D eigenvalue weighted by atomic mass is 10.1. The third-order valence-electron chi connectivity index (χ3n) is 4.21. The van der Waals surface area contributed by atoms with E-state index >= 15 is 0 Å². The summed E-state index contributed by atoms with van der Waals surface area (Å²) in [5.41, 5.74) is 2.93. The van der Waals surface area contributed by atoms with E-state index in [0.29, 0.717) is 23.0 Å². The van der Waals surface area contributed by atoms with Gasteiger partial charge >= 0.3 is 5.97 Å². The van der Waals surface area contributed by atoms with Gasteiger partial charge in [0.1, 0.15) is 5.82 Å². The van der Waals surface area contributed by atoms with Crippen LogP contribution in [0, 0.1) is 20.8 Å². The molecule has 0 atom stereocenters. The van der Waals surface area contributed by atoms with Gasteiger partial charge in [0, 0.05) is 23.7 Å². The Balaban J connectivity index is 1.64. The van der Waals surface area contributed by atoms with Gasteiger partial charge in [0.25, 0.3) is 11.9 Å². The first-order valence-corrected chi connectivity index (χ1v) is 11.7. The molecule has 0 fully saturated rings. The van der Waals surface area contributed by atoms with E-state index in [9.17, 15) is 18.0 Å². The highest BCUT2D eigenvalue weighted by Gasteiger charge is 2.16. The summed E-state index contributed by atoms with van der Waals surface area (Å²) in [6.45, 7) is 4.92. The molecule has 0 bridgehead atoms. The van der Waals surface area contributed by atoms with Crippen LogP contribution in [0.2, 0.25) is 0 Å². The molecule has 1 amide bonds. The number of carbonyl (C=O) groups excluding carboxylic acids is 2. The predicted octanol–water partition coefficient (Wildman–Crippen LogP) is 1.93. The second-order valence-electron chi connectivity index (χ2n) is 7.42. The van der Waals surface area contributed by atoms with Crippen LogP contribution in [-0.4, -0.2) is 52.9 Å². The first-order chi connectivity index (χ1) is 15.0. The second-order valence-corrected chi connectivity index (χ2v) is 9.56. The van der Waals surface area contributed by atoms with Crippen molar-refractivity contribution in [2.75, 3.05) is 18.2 Å². The Morgan fingerprint density at radius 1 is 1.00 bits per heavy atom. The minimum atomic E-state index is -3.17. The number of anilines is 1. The molecule has 0 aliphatic rings. The summed E-state index contributed by atoms with van der Waals surface area (Å²) in [6.07, 6.45) is 1.13. The summed E-state index contributed by atoms with van der Waals surface area (Å²) >= 11 is 0. The number of hydrogen-bond acceptors (Lipinski definition) is 8. The molecule has 0 saturated heterocycles. The van der Waals surface area contributed by atoms with Crippen molar-refractivity contribution >= 4 is 27.5 Å². The number of rotatable bonds is 7. The third-order valence-corrected chi connectivity index (χ3v) is 5.07. The van der Waals surface area contributed by atoms with E-state index in [-0.39, 0.29) is 11.3 Å². The van der Waals surface area contributed by atoms with Gasteiger partial charge in [0.05, 0.1) is 17.0 Å². The van der Waals surface area contributed by atoms with Crippen molar-refractivity contribution in [3.63, 3.8) is 0 Å². The molecule has 1 aromatic carbocycles. The van der Waals surface area contributed by atoms with E-state index in [4.69, 9.17) is 4.74 Å². The standard InChI is InChI=1S/C21H23N5O5S/c1-13-9-14(2)23-21(22-13)26-18(10-15(3)25-26)24-19(27)11-31-20(28)17-7-5-16(6-8-17)12-32(4,29)30/h5-10H,11-12H2,1-4H3,(H,24,27). The Bertz CT molecular complexity index is 1250. The average Bonchev–Trinajstić information content (AvgIpc) is 3.05. The van der Waals surface area contributed by atoms with Gasteiger partial charge in [0.2, 0.25) is 0 Å². The van der Waals surface area contributed by atoms with Gasteiger partial charge in [-0.05, 0) is 44.5 Å². The number of aryl methyl sites for hydroxylation is 3. The molecule has 10 nitrogen and oxygen atoms in total. The van der Waals surface area contributed by atoms with E-state index in [0.717, 1.165) is 17.6 Å². The molecule has 0 saturated carbocycles. The fraction of sp³-hybridized carbons (Fsp3) is 0.286. The number of nitrogens with zero attached hydrogens (tertiary/aromatic N) is 4. The van der Waals surface area contributed by atoms with Crippen LogP contribution in [0.5, 0.6) is 0 Å². The van der Waals surface area contributed by atoms with Gasteiger partial charge in [-0.3, -0.25) is 4.79 Å². The van der Waals surface area contributed by atoms with Gasteiger partial charge in [-0.2, -0.15) is 9.78 Å². The highest BCUT2D eigenvalue weighted by Crippen LogP contribution is 2.15. The molecule has 0 aliphatic heterocycles. The number of aromatic nitrogens is 4. The quantitative estimate of drug-likeness (QED) is 0.532. The molecule has 3 rings (SSSR count). The van der Waals surface area contributed by atoms with Crippen LogP contribution in [-0.2, 0) is 25.1 Å². The summed E-state index contributed by atoms with van der Waals surface area (Å²) in [5, 5.41) is 6.97. The molecule has 2 heterocycles. The maximum absolute atomic E-state index is 12.3. The van der Waals surface area contributed by atoms with E-state index in [1.54, 1.807) is 13.0 Å². The van der Waals surface area contributed by atoms with Crippen LogP contribution in [0.1, 0.15) is 33.0 Å². The Labute approximate surface area is 185 Å². The van der Waals surface area contributed by atoms with Gasteiger partial charge < -0.3 is 10.1 Å². The number of hydrogen-bond donors (Lipinski definition) is 1. The maximum Gasteiger partial charge on any atom is 0.338 e. The summed E-state index contributed by atoms with van der Waals surface area (Å²) < 4.78 is 29.2. The normalized spacial score (nSPS) is 11.2. The third kappa shape index (κ3) is 6.20. The summed E-state index contributed by atoms with van der Waals surface area (Å²) in [7, 11) is -3.17. The lowest BCUT2D eigenvalue weighted by molar-refractivity contribution is -0.119. The van der Waals surface area contributed by atoms with Crippen molar-refractivity contribution in [3.05, 3.63) is 64.6 Å². The van der Waals surface area contributed by atoms with E-state index in [1.807, 2.05) is 19.9 Å². The zero-order valence-corrected chi connectivity index (χ0v) is 18.9. The number of benzene rings is 1. The monoisotopic (exact) mass is 457 g/mol. The summed E-state index contributed by atoms with van der Waals surface area (Å²) in [6, 6.07) is 9.45. The van der Waals surface area contributed by atoms with Crippen LogP contribution in [0.15, 0.2) is 36.4 Å². The van der Waals surface area contributed by atoms with Crippen LogP contribution >= 0.6 is 0 Å². The van der Waals surface area contributed by atoms with Crippen molar-refractivity contribution in [2.24, 2.45) is 0 Å². The van der Waals surface area contributed by atoms with Gasteiger partial charge in [0.15, 0.2) is 16.4 Å². The first-order valence-electron chi connectivity index (χ1n) is 9.63. The largest absolute Gasteiger partial charge is 0.452 e. The SMILES string of the molecule is Cc1cc(C)nc(-n2nc(C)cc2NC(=O)COC(=O)c2ccc(CS(C)(=O)=O)cc2)n1. The topological polar surface area (TPSA) is 133 Å². The first kappa shape index (κ1) is 23.1. The molecule has 0 unspecified atom stereocenters. The van der Waals surface area contributed by atoms with Crippen molar-refractivity contribution in [1.29, 1.82) is 0 Å². The average molecular weight is 458 g/mol. The van der Waals surface area contributed by atoms with E-state index in [1.165, 1.54) is 28.9 Å². The second kappa shape index (κ2) is 9.27. The van der Waals surface area contributed by atoms with Crippen LogP contribution < -0.4 is 5.32 Å². The molecule has 1 N–H and O–H groups in total. The number of amides is 1. The zero-order chi connectivity index (χ0) is 23.5. The zero-order valence-electron chi connectivity index (χ0n) is 18.1. The fourth-order valence-electron chi connectivity index (χ4n) is 2.98. The van der Waals surface area contributed by atoms with Crippen LogP contribution in [0.3, 0.4) is 0 Å². The lowest BCUT2D eigenvalue weighted by Crippen LogP contribution is -2.22. The molecule has 0 radical (unpaired) electrons. The Morgan fingerprint density at radius 2 is 1.62 bits per heavy atom. The highest BCUT2D eigenvalue weighted by atomic mass is 32.2. The van der Waals surface area contributed by atoms with Crippen molar-refractivity contribution in [3.8, 4) is 5.95 Å². The van der Waals surface area contributed by atoms with Crippen molar-refractivity contribution in [1.82, 2.24) is 19.7 Å². The molecule has 168 valence electrons. The summed E-state index contributed by atoms with van der Waals surface area (Å²) in [4.78, 5) is 33.2. The minimum Gasteiger partial charge on any atom is -0.452 e. The van der Waals surface area contributed by atoms with Gasteiger partial charge in [-0.25, -0.2) is 23.2 Å². The Kier molecular flexibility index (Phi) is 6.68. The number of nitrogens with one attached hydrogen (secondary N) is 1. The maximum atomic E-state index is 12.3. The van der Waals surface area contributed by atoms with Crippen LogP contribution in [0.25, 0.3) is 5.95 Å². The van der Waals surface area contributed by atoms with Crippen molar-refractivity contribution in [2.45, 2.75) is 26.5 Å². The van der Waals surface area contributed by atoms with E-state index < -0.39 is 28.3 Å². The Hall–Kier alpha value is -3.60. The molecule has 32 heavy (non-hydrogen) atoms. The van der Waals surface area contributed by atoms with Crippen molar-refractivity contribution < 1.29 is 22.7 Å². The lowest BCUT2D eigenvalue weighted by Gasteiger charge is -2.09. The molecular formula is C21H23N5O5S. The molecular weight excluding hydrogens is 434 g/mol. The smallest absolute Gasteiger partial charge is 0.338 e. The summed E-state index contributed by atoms with van der Waals surface area (Å²) in [5.74, 6) is -0.719. The minimum absolute atomic E-state index is 0.123. The Morgan fingerprint density at radius 3 is 2.22 bits per heavy atom. The molecule has 0 spiro atoms. The molecule has 11 heteroatoms. The van der Waals surface area contributed by atoms with E-state index in [2.05, 4.69) is 20.4 Å². The predicted molar refractivity (Wildman–Crippen MR) is 117 cm³/mol. The molecule has 3 aromatic rings.